The van der Waals surface area contributed by atoms with Crippen molar-refractivity contribution < 1.29 is 9.53 Å². The van der Waals surface area contributed by atoms with E-state index in [4.69, 9.17) is 4.74 Å². The molecule has 0 aromatic rings. The van der Waals surface area contributed by atoms with Crippen molar-refractivity contribution in [2.45, 2.75) is 26.3 Å². The lowest BCUT2D eigenvalue weighted by molar-refractivity contribution is -0.129. The van der Waals surface area contributed by atoms with E-state index in [1.165, 1.54) is 0 Å². The van der Waals surface area contributed by atoms with Crippen LogP contribution >= 0.6 is 0 Å². The highest BCUT2D eigenvalue weighted by Crippen LogP contribution is 2.09. The molecular formula is C10H20N2O2. The van der Waals surface area contributed by atoms with E-state index >= 15 is 0 Å². The van der Waals surface area contributed by atoms with E-state index in [0.29, 0.717) is 19.2 Å². The molecule has 1 aliphatic heterocycles. The molecule has 4 heteroatoms. The molecule has 1 fully saturated rings. The van der Waals surface area contributed by atoms with Gasteiger partial charge in [-0.2, -0.15) is 0 Å². The van der Waals surface area contributed by atoms with Gasteiger partial charge in [0.2, 0.25) is 5.91 Å². The second kappa shape index (κ2) is 5.32. The standard InChI is InChI=1S/C10H20N2O2/c1-4-9-10(13)12(7-11-9)5-8(2)6-14-3/h8-9,11H,4-7H2,1-3H3. The van der Waals surface area contributed by atoms with Crippen molar-refractivity contribution in [2.75, 3.05) is 26.9 Å². The lowest BCUT2D eigenvalue weighted by Crippen LogP contribution is -2.34. The van der Waals surface area contributed by atoms with Crippen LogP contribution in [-0.2, 0) is 9.53 Å². The third-order valence-corrected chi connectivity index (χ3v) is 2.53. The van der Waals surface area contributed by atoms with Gasteiger partial charge in [-0.15, -0.1) is 0 Å². The second-order valence-electron chi connectivity index (χ2n) is 3.94. The molecule has 0 aromatic heterocycles. The summed E-state index contributed by atoms with van der Waals surface area (Å²) in [5, 5.41) is 3.19. The van der Waals surface area contributed by atoms with Crippen LogP contribution in [0.15, 0.2) is 0 Å². The highest BCUT2D eigenvalue weighted by molar-refractivity contribution is 5.83. The number of carbonyl (C=O) groups excluding carboxylic acids is 1. The van der Waals surface area contributed by atoms with Gasteiger partial charge >= 0.3 is 0 Å². The Bertz CT molecular complexity index is 197. The number of nitrogens with zero attached hydrogens (tertiary/aromatic N) is 1. The summed E-state index contributed by atoms with van der Waals surface area (Å²) in [7, 11) is 1.69. The van der Waals surface area contributed by atoms with Crippen LogP contribution in [-0.4, -0.2) is 43.8 Å². The van der Waals surface area contributed by atoms with Gasteiger partial charge in [-0.3, -0.25) is 10.1 Å². The van der Waals surface area contributed by atoms with Gasteiger partial charge in [-0.05, 0) is 12.3 Å². The third-order valence-electron chi connectivity index (χ3n) is 2.53. The first kappa shape index (κ1) is 11.5. The Hall–Kier alpha value is -0.610. The quantitative estimate of drug-likeness (QED) is 0.700. The Balaban J connectivity index is 2.36. The summed E-state index contributed by atoms with van der Waals surface area (Å²) in [5.74, 6) is 0.636. The lowest BCUT2D eigenvalue weighted by Gasteiger charge is -2.19. The molecular weight excluding hydrogens is 180 g/mol. The molecule has 0 radical (unpaired) electrons. The van der Waals surface area contributed by atoms with Crippen LogP contribution in [0.25, 0.3) is 0 Å². The van der Waals surface area contributed by atoms with Crippen molar-refractivity contribution in [1.29, 1.82) is 0 Å². The van der Waals surface area contributed by atoms with E-state index in [9.17, 15) is 4.79 Å². The van der Waals surface area contributed by atoms with Crippen LogP contribution in [0.4, 0.5) is 0 Å². The van der Waals surface area contributed by atoms with Gasteiger partial charge in [0.15, 0.2) is 0 Å². The molecule has 0 bridgehead atoms. The fraction of sp³-hybridized carbons (Fsp3) is 0.900. The van der Waals surface area contributed by atoms with Crippen LogP contribution in [0.5, 0.6) is 0 Å². The lowest BCUT2D eigenvalue weighted by atomic mass is 10.1. The minimum Gasteiger partial charge on any atom is -0.384 e. The number of hydrogen-bond donors (Lipinski definition) is 1. The minimum absolute atomic E-state index is 0.0322. The summed E-state index contributed by atoms with van der Waals surface area (Å²) in [6.45, 7) is 6.30. The van der Waals surface area contributed by atoms with Crippen molar-refractivity contribution in [3.8, 4) is 0 Å². The van der Waals surface area contributed by atoms with Gasteiger partial charge in [0.1, 0.15) is 0 Å². The topological polar surface area (TPSA) is 41.6 Å². The van der Waals surface area contributed by atoms with E-state index in [2.05, 4.69) is 12.2 Å². The zero-order chi connectivity index (χ0) is 10.6. The summed E-state index contributed by atoms with van der Waals surface area (Å²) in [5.41, 5.74) is 0. The van der Waals surface area contributed by atoms with Crippen molar-refractivity contribution in [3.63, 3.8) is 0 Å². The van der Waals surface area contributed by atoms with E-state index < -0.39 is 0 Å². The minimum atomic E-state index is 0.0322. The SMILES string of the molecule is CCC1NCN(CC(C)COC)C1=O. The van der Waals surface area contributed by atoms with E-state index in [0.717, 1.165) is 13.0 Å². The highest BCUT2D eigenvalue weighted by Gasteiger charge is 2.29. The van der Waals surface area contributed by atoms with E-state index in [-0.39, 0.29) is 11.9 Å². The normalized spacial score (nSPS) is 24.4. The van der Waals surface area contributed by atoms with Crippen LogP contribution < -0.4 is 5.32 Å². The van der Waals surface area contributed by atoms with Gasteiger partial charge in [-0.25, -0.2) is 0 Å². The Morgan fingerprint density at radius 2 is 2.43 bits per heavy atom. The largest absolute Gasteiger partial charge is 0.384 e. The molecule has 1 rings (SSSR count). The van der Waals surface area contributed by atoms with Gasteiger partial charge in [0.05, 0.1) is 19.3 Å². The van der Waals surface area contributed by atoms with Crippen molar-refractivity contribution in [1.82, 2.24) is 10.2 Å². The third kappa shape index (κ3) is 2.69. The summed E-state index contributed by atoms with van der Waals surface area (Å²) in [6, 6.07) is 0.0322. The fourth-order valence-corrected chi connectivity index (χ4v) is 1.79. The smallest absolute Gasteiger partial charge is 0.240 e. The monoisotopic (exact) mass is 200 g/mol. The molecule has 14 heavy (non-hydrogen) atoms. The van der Waals surface area contributed by atoms with Gasteiger partial charge in [-0.1, -0.05) is 13.8 Å². The molecule has 1 amide bonds. The zero-order valence-corrected chi connectivity index (χ0v) is 9.25. The number of methoxy groups -OCH3 is 1. The Morgan fingerprint density at radius 1 is 1.71 bits per heavy atom. The van der Waals surface area contributed by atoms with Crippen LogP contribution in [0, 0.1) is 5.92 Å². The summed E-state index contributed by atoms with van der Waals surface area (Å²) >= 11 is 0. The fourth-order valence-electron chi connectivity index (χ4n) is 1.79. The maximum Gasteiger partial charge on any atom is 0.240 e. The zero-order valence-electron chi connectivity index (χ0n) is 9.25. The maximum atomic E-state index is 11.7. The Labute approximate surface area is 85.6 Å². The molecule has 1 saturated heterocycles. The number of amides is 1. The number of ether oxygens (including phenoxy) is 1. The van der Waals surface area contributed by atoms with Gasteiger partial charge < -0.3 is 9.64 Å². The van der Waals surface area contributed by atoms with E-state index in [1.807, 2.05) is 11.8 Å². The average molecular weight is 200 g/mol. The molecule has 0 saturated carbocycles. The maximum absolute atomic E-state index is 11.7. The molecule has 2 atom stereocenters. The molecule has 1 N–H and O–H groups in total. The first-order valence-electron chi connectivity index (χ1n) is 5.20. The van der Waals surface area contributed by atoms with Crippen LogP contribution in [0.3, 0.4) is 0 Å². The number of nitrogens with one attached hydrogen (secondary N) is 1. The van der Waals surface area contributed by atoms with Gasteiger partial charge in [0, 0.05) is 13.7 Å². The van der Waals surface area contributed by atoms with Gasteiger partial charge in [0.25, 0.3) is 0 Å². The summed E-state index contributed by atoms with van der Waals surface area (Å²) < 4.78 is 5.04. The van der Waals surface area contributed by atoms with E-state index in [1.54, 1.807) is 7.11 Å². The number of hydrogen-bond acceptors (Lipinski definition) is 3. The molecule has 2 unspecified atom stereocenters. The molecule has 0 aromatic carbocycles. The molecule has 82 valence electrons. The molecule has 4 nitrogen and oxygen atoms in total. The molecule has 1 heterocycles. The number of carbonyl (C=O) groups is 1. The Kier molecular flexibility index (Phi) is 4.35. The first-order valence-corrected chi connectivity index (χ1v) is 5.20. The van der Waals surface area contributed by atoms with Crippen molar-refractivity contribution in [2.24, 2.45) is 5.92 Å². The summed E-state index contributed by atoms with van der Waals surface area (Å²) in [6.07, 6.45) is 0.869. The van der Waals surface area contributed by atoms with Crippen molar-refractivity contribution >= 4 is 5.91 Å². The van der Waals surface area contributed by atoms with Crippen molar-refractivity contribution in [3.05, 3.63) is 0 Å². The van der Waals surface area contributed by atoms with Crippen LogP contribution in [0.2, 0.25) is 0 Å². The predicted octanol–water partition coefficient (Wildman–Crippen LogP) is 0.437. The highest BCUT2D eigenvalue weighted by atomic mass is 16.5. The first-order chi connectivity index (χ1) is 6.69. The summed E-state index contributed by atoms with van der Waals surface area (Å²) in [4.78, 5) is 13.6. The predicted molar refractivity (Wildman–Crippen MR) is 54.8 cm³/mol. The second-order valence-corrected chi connectivity index (χ2v) is 3.94. The van der Waals surface area contributed by atoms with Crippen LogP contribution in [0.1, 0.15) is 20.3 Å². The number of rotatable bonds is 5. The molecule has 1 aliphatic rings. The average Bonchev–Trinajstić information content (AvgIpc) is 2.48. The Morgan fingerprint density at radius 3 is 2.93 bits per heavy atom. The molecule has 0 aliphatic carbocycles. The molecule has 0 spiro atoms.